The van der Waals surface area contributed by atoms with Crippen molar-refractivity contribution in [3.05, 3.63) is 0 Å². The topological polar surface area (TPSA) is 55.6 Å². The van der Waals surface area contributed by atoms with Crippen LogP contribution in [0.4, 0.5) is 0 Å². The average molecular weight is 182 g/mol. The molecule has 2 N–H and O–H groups in total. The molecule has 1 unspecified atom stereocenters. The second kappa shape index (κ2) is 4.85. The molecule has 0 bridgehead atoms. The minimum atomic E-state index is -0.336. The molecular weight excluding hydrogens is 168 g/mol. The van der Waals surface area contributed by atoms with Gasteiger partial charge in [-0.25, -0.2) is 0 Å². The highest BCUT2D eigenvalue weighted by atomic mass is 16.5. The molecule has 1 heterocycles. The van der Waals surface area contributed by atoms with E-state index in [4.69, 9.17) is 16.9 Å². The van der Waals surface area contributed by atoms with Crippen molar-refractivity contribution in [2.45, 2.75) is 12.5 Å². The molecule has 1 rings (SSSR count). The summed E-state index contributed by atoms with van der Waals surface area (Å²) < 4.78 is 5.16. The zero-order chi connectivity index (χ0) is 9.68. The number of morpholine rings is 1. The molecule has 1 aliphatic rings. The summed E-state index contributed by atoms with van der Waals surface area (Å²) in [6.45, 7) is 2.48. The number of nitrogens with zero attached hydrogens (tertiary/aromatic N) is 1. The molecule has 0 aromatic rings. The van der Waals surface area contributed by atoms with Crippen LogP contribution in [0.5, 0.6) is 0 Å². The van der Waals surface area contributed by atoms with E-state index in [2.05, 4.69) is 5.92 Å². The van der Waals surface area contributed by atoms with Gasteiger partial charge in [0.05, 0.1) is 13.2 Å². The van der Waals surface area contributed by atoms with Crippen LogP contribution in [0.3, 0.4) is 0 Å². The Morgan fingerprint density at radius 2 is 2.54 bits per heavy atom. The van der Waals surface area contributed by atoms with Crippen molar-refractivity contribution in [1.29, 1.82) is 0 Å². The number of amides is 1. The smallest absolute Gasteiger partial charge is 0.237 e. The predicted molar refractivity (Wildman–Crippen MR) is 48.8 cm³/mol. The second-order valence-electron chi connectivity index (χ2n) is 2.98. The average Bonchev–Trinajstić information content (AvgIpc) is 2.15. The van der Waals surface area contributed by atoms with Crippen molar-refractivity contribution in [2.24, 2.45) is 5.73 Å². The SMILES string of the molecule is C#CCCN1CCOCC1C(N)=O. The van der Waals surface area contributed by atoms with Gasteiger partial charge in [0.15, 0.2) is 0 Å². The molecule has 0 spiro atoms. The molecule has 4 nitrogen and oxygen atoms in total. The van der Waals surface area contributed by atoms with Crippen LogP contribution >= 0.6 is 0 Å². The number of terminal acetylenes is 1. The van der Waals surface area contributed by atoms with Crippen molar-refractivity contribution in [1.82, 2.24) is 4.90 Å². The lowest BCUT2D eigenvalue weighted by molar-refractivity contribution is -0.129. The molecule has 1 aliphatic heterocycles. The summed E-state index contributed by atoms with van der Waals surface area (Å²) in [6.07, 6.45) is 5.79. The van der Waals surface area contributed by atoms with Gasteiger partial charge in [0.1, 0.15) is 6.04 Å². The van der Waals surface area contributed by atoms with E-state index in [1.165, 1.54) is 0 Å². The third-order valence-corrected chi connectivity index (χ3v) is 2.11. The number of carbonyl (C=O) groups excluding carboxylic acids is 1. The normalized spacial score (nSPS) is 23.8. The minimum Gasteiger partial charge on any atom is -0.378 e. The van der Waals surface area contributed by atoms with Crippen molar-refractivity contribution in [3.63, 3.8) is 0 Å². The van der Waals surface area contributed by atoms with Crippen LogP contribution in [0.2, 0.25) is 0 Å². The molecule has 0 aliphatic carbocycles. The summed E-state index contributed by atoms with van der Waals surface area (Å²) in [5, 5.41) is 0. The van der Waals surface area contributed by atoms with Gasteiger partial charge in [-0.15, -0.1) is 12.3 Å². The van der Waals surface area contributed by atoms with Gasteiger partial charge in [-0.1, -0.05) is 0 Å². The van der Waals surface area contributed by atoms with E-state index in [0.717, 1.165) is 6.54 Å². The van der Waals surface area contributed by atoms with Crippen LogP contribution in [0.15, 0.2) is 0 Å². The molecule has 1 atom stereocenters. The maximum atomic E-state index is 11.0. The summed E-state index contributed by atoms with van der Waals surface area (Å²) in [4.78, 5) is 13.0. The monoisotopic (exact) mass is 182 g/mol. The molecule has 0 radical (unpaired) electrons. The zero-order valence-electron chi connectivity index (χ0n) is 7.53. The quantitative estimate of drug-likeness (QED) is 0.581. The van der Waals surface area contributed by atoms with E-state index in [1.807, 2.05) is 4.90 Å². The van der Waals surface area contributed by atoms with Gasteiger partial charge in [0, 0.05) is 19.5 Å². The molecule has 0 aromatic carbocycles. The summed E-state index contributed by atoms with van der Waals surface area (Å²) in [6, 6.07) is -0.304. The lowest BCUT2D eigenvalue weighted by Crippen LogP contribution is -2.52. The maximum Gasteiger partial charge on any atom is 0.237 e. The zero-order valence-corrected chi connectivity index (χ0v) is 7.53. The van der Waals surface area contributed by atoms with Gasteiger partial charge in [0.25, 0.3) is 0 Å². The number of hydrogen-bond donors (Lipinski definition) is 1. The number of primary amides is 1. The minimum absolute atomic E-state index is 0.304. The molecular formula is C9H14N2O2. The van der Waals surface area contributed by atoms with Crippen molar-refractivity contribution in [2.75, 3.05) is 26.3 Å². The number of carbonyl (C=O) groups is 1. The Bertz CT molecular complexity index is 222. The first-order valence-corrected chi connectivity index (χ1v) is 4.30. The van der Waals surface area contributed by atoms with E-state index in [1.54, 1.807) is 0 Å². The number of ether oxygens (including phenoxy) is 1. The highest BCUT2D eigenvalue weighted by Crippen LogP contribution is 2.06. The Balaban J connectivity index is 2.47. The van der Waals surface area contributed by atoms with Crippen LogP contribution in [-0.2, 0) is 9.53 Å². The van der Waals surface area contributed by atoms with Crippen molar-refractivity contribution >= 4 is 5.91 Å². The highest BCUT2D eigenvalue weighted by Gasteiger charge is 2.26. The largest absolute Gasteiger partial charge is 0.378 e. The molecule has 13 heavy (non-hydrogen) atoms. The lowest BCUT2D eigenvalue weighted by atomic mass is 10.2. The Hall–Kier alpha value is -1.05. The number of rotatable bonds is 3. The molecule has 72 valence electrons. The lowest BCUT2D eigenvalue weighted by Gasteiger charge is -2.32. The summed E-state index contributed by atoms with van der Waals surface area (Å²) >= 11 is 0. The fourth-order valence-electron chi connectivity index (χ4n) is 1.38. The van der Waals surface area contributed by atoms with E-state index in [0.29, 0.717) is 26.2 Å². The van der Waals surface area contributed by atoms with Crippen LogP contribution in [0.25, 0.3) is 0 Å². The molecule has 0 aromatic heterocycles. The fourth-order valence-corrected chi connectivity index (χ4v) is 1.38. The van der Waals surface area contributed by atoms with Crippen LogP contribution in [0, 0.1) is 12.3 Å². The maximum absolute atomic E-state index is 11.0. The Labute approximate surface area is 78.0 Å². The third kappa shape index (κ3) is 2.72. The van der Waals surface area contributed by atoms with Gasteiger partial charge in [-0.05, 0) is 0 Å². The van der Waals surface area contributed by atoms with E-state index in [9.17, 15) is 4.79 Å². The Kier molecular flexibility index (Phi) is 3.74. The number of hydrogen-bond acceptors (Lipinski definition) is 3. The molecule has 1 fully saturated rings. The Morgan fingerprint density at radius 3 is 3.15 bits per heavy atom. The molecule has 1 amide bonds. The highest BCUT2D eigenvalue weighted by molar-refractivity contribution is 5.80. The Morgan fingerprint density at radius 1 is 1.77 bits per heavy atom. The van der Waals surface area contributed by atoms with Gasteiger partial charge >= 0.3 is 0 Å². The van der Waals surface area contributed by atoms with Crippen LogP contribution in [-0.4, -0.2) is 43.2 Å². The van der Waals surface area contributed by atoms with Gasteiger partial charge < -0.3 is 10.5 Å². The van der Waals surface area contributed by atoms with Crippen LogP contribution < -0.4 is 5.73 Å². The summed E-state index contributed by atoms with van der Waals surface area (Å²) in [7, 11) is 0. The summed E-state index contributed by atoms with van der Waals surface area (Å²) in [5.41, 5.74) is 5.22. The second-order valence-corrected chi connectivity index (χ2v) is 2.98. The van der Waals surface area contributed by atoms with Gasteiger partial charge in [-0.3, -0.25) is 9.69 Å². The van der Waals surface area contributed by atoms with Gasteiger partial charge in [-0.2, -0.15) is 0 Å². The first-order chi connectivity index (χ1) is 6.25. The van der Waals surface area contributed by atoms with Crippen molar-refractivity contribution in [3.8, 4) is 12.3 Å². The molecule has 0 saturated carbocycles. The van der Waals surface area contributed by atoms with Crippen LogP contribution in [0.1, 0.15) is 6.42 Å². The molecule has 1 saturated heterocycles. The van der Waals surface area contributed by atoms with E-state index >= 15 is 0 Å². The van der Waals surface area contributed by atoms with Gasteiger partial charge in [0.2, 0.25) is 5.91 Å². The van der Waals surface area contributed by atoms with E-state index < -0.39 is 0 Å². The summed E-state index contributed by atoms with van der Waals surface area (Å²) in [5.74, 6) is 2.20. The van der Waals surface area contributed by atoms with E-state index in [-0.39, 0.29) is 11.9 Å². The third-order valence-electron chi connectivity index (χ3n) is 2.11. The predicted octanol–water partition coefficient (Wildman–Crippen LogP) is -0.804. The van der Waals surface area contributed by atoms with Crippen molar-refractivity contribution < 1.29 is 9.53 Å². The first-order valence-electron chi connectivity index (χ1n) is 4.30. The molecule has 4 heteroatoms. The first kappa shape index (κ1) is 10.0. The fraction of sp³-hybridized carbons (Fsp3) is 0.667. The standard InChI is InChI=1S/C9H14N2O2/c1-2-3-4-11-5-6-13-7-8(11)9(10)12/h1,8H,3-7H2,(H2,10,12). The number of nitrogens with two attached hydrogens (primary N) is 1.